The molecule has 3 aromatic rings. The molecule has 446 valence electrons. The van der Waals surface area contributed by atoms with Gasteiger partial charge in [-0.2, -0.15) is 0 Å². The predicted octanol–water partition coefficient (Wildman–Crippen LogP) is 7.63. The first-order valence-corrected chi connectivity index (χ1v) is 29.6. The molecule has 81 heavy (non-hydrogen) atoms. The SMILES string of the molecule is CO[C@H]1C[C@@H](C)C/C(C)=C/[C@@H](CCOC(=O)NCCNc2ccc3sc(-c4ccc(N(C)C)cc4)nc3c2)C(=O)C[C@H](O)[C@@H](C)[C@@H](/C(C)=C/[C@@H]2CC[C@@H](O)[C@H](OC)C2)OC(=O)[C@@H]2CCCCN2C(=O)C(=O)[C@]2(O)O[C@H]1[C@@H](OC)C[C@H]2C. The molecule has 4 aliphatic rings. The van der Waals surface area contributed by atoms with Crippen LogP contribution in [0.1, 0.15) is 105 Å². The largest absolute Gasteiger partial charge is 0.456 e. The van der Waals surface area contributed by atoms with Crippen molar-refractivity contribution in [2.24, 2.45) is 29.6 Å². The number of carbonyl (C=O) groups is 5. The number of hydrogen-bond donors (Lipinski definition) is 5. The molecule has 2 amide bonds. The molecule has 3 aliphatic heterocycles. The number of alkyl carbamates (subject to hydrolysis) is 1. The number of ether oxygens (including phenoxy) is 6. The molecule has 0 radical (unpaired) electrons. The Hall–Kier alpha value is -5.32. The van der Waals surface area contributed by atoms with Gasteiger partial charge in [-0.3, -0.25) is 14.4 Å². The summed E-state index contributed by atoms with van der Waals surface area (Å²) in [5.74, 6) is -8.67. The highest BCUT2D eigenvalue weighted by molar-refractivity contribution is 7.21. The Labute approximate surface area is 481 Å². The number of amides is 2. The number of anilines is 2. The highest BCUT2D eigenvalue weighted by Gasteiger charge is 2.56. The summed E-state index contributed by atoms with van der Waals surface area (Å²) < 4.78 is 36.8. The van der Waals surface area contributed by atoms with Gasteiger partial charge in [-0.15, -0.1) is 11.3 Å². The van der Waals surface area contributed by atoms with Gasteiger partial charge in [-0.1, -0.05) is 38.5 Å². The number of aromatic nitrogens is 1. The first-order chi connectivity index (χ1) is 38.6. The number of aliphatic hydroxyl groups excluding tert-OH is 2. The van der Waals surface area contributed by atoms with Crippen molar-refractivity contribution in [3.05, 3.63) is 65.8 Å². The maximum atomic E-state index is 14.6. The van der Waals surface area contributed by atoms with Crippen LogP contribution in [0.25, 0.3) is 20.8 Å². The molecule has 1 aromatic heterocycles. The molecular weight excluding hydrogens is 1060 g/mol. The molecule has 7 rings (SSSR count). The van der Waals surface area contributed by atoms with E-state index in [9.17, 15) is 39.3 Å². The standard InChI is InChI=1S/C61H87N5O14S/c1-35-27-36(2)29-51(76-9)55-52(77-10)31-38(4)61(74,80-55)56(70)58(71)66-25-12-11-13-46(66)59(72)79-54(37(3)30-40-14-20-47(67)50(32-40)75-8)39(5)48(68)34-49(69)42(28-35)22-26-78-60(73)63-24-23-62-43-17-21-53-45(33-43)64-57(81-53)41-15-18-44(19-16-41)65(6)7/h15-19,21,28,30,33,36,38-40,42,46-48,50-52,54-55,62,67-68,74H,11-14,20,22-27,29,31-32,34H2,1-10H3,(H,63,73)/b35-28+,37-30+/t36-,38+,39+,40-,42+,46-,47+,48-,50+,51-,52-,54+,55+,61+/m0/s1. The summed E-state index contributed by atoms with van der Waals surface area (Å²) >= 11 is 1.62. The molecule has 4 heterocycles. The van der Waals surface area contributed by atoms with Crippen LogP contribution in [0.3, 0.4) is 0 Å². The Morgan fingerprint density at radius 1 is 0.901 bits per heavy atom. The molecule has 5 N–H and O–H groups in total. The highest BCUT2D eigenvalue weighted by atomic mass is 32.1. The number of rotatable bonds is 14. The molecular formula is C61H87N5O14S. The van der Waals surface area contributed by atoms with Crippen LogP contribution >= 0.6 is 11.3 Å². The zero-order chi connectivity index (χ0) is 58.7. The van der Waals surface area contributed by atoms with Crippen LogP contribution in [-0.4, -0.2) is 171 Å². The lowest BCUT2D eigenvalue weighted by Gasteiger charge is -2.47. The van der Waals surface area contributed by atoms with Crippen LogP contribution in [0.15, 0.2) is 65.8 Å². The molecule has 2 aromatic carbocycles. The fourth-order valence-electron chi connectivity index (χ4n) is 12.1. The number of thiazole rings is 1. The van der Waals surface area contributed by atoms with Gasteiger partial charge >= 0.3 is 12.1 Å². The van der Waals surface area contributed by atoms with Crippen molar-refractivity contribution in [3.8, 4) is 10.6 Å². The fraction of sp³-hybridized carbons (Fsp3) is 0.639. The molecule has 1 aliphatic carbocycles. The predicted molar refractivity (Wildman–Crippen MR) is 310 cm³/mol. The quantitative estimate of drug-likeness (QED) is 0.0451. The third kappa shape index (κ3) is 15.9. The van der Waals surface area contributed by atoms with E-state index >= 15 is 0 Å². The zero-order valence-corrected chi connectivity index (χ0v) is 49.7. The van der Waals surface area contributed by atoms with E-state index in [4.69, 9.17) is 33.4 Å². The van der Waals surface area contributed by atoms with Crippen LogP contribution in [-0.2, 0) is 47.6 Å². The summed E-state index contributed by atoms with van der Waals surface area (Å²) in [6, 6.07) is 13.1. The van der Waals surface area contributed by atoms with Gasteiger partial charge in [0, 0.05) is 96.2 Å². The lowest BCUT2D eigenvalue weighted by atomic mass is 9.81. The molecule has 19 nitrogen and oxygen atoms in total. The number of hydrogen-bond acceptors (Lipinski definition) is 18. The molecule has 0 spiro atoms. The molecule has 1 saturated carbocycles. The Balaban J connectivity index is 1.08. The van der Waals surface area contributed by atoms with Crippen LogP contribution in [0, 0.1) is 29.6 Å². The first-order valence-electron chi connectivity index (χ1n) is 28.8. The summed E-state index contributed by atoms with van der Waals surface area (Å²) in [6.45, 7) is 9.60. The zero-order valence-electron chi connectivity index (χ0n) is 48.9. The van der Waals surface area contributed by atoms with Crippen molar-refractivity contribution < 1.29 is 67.7 Å². The fourth-order valence-corrected chi connectivity index (χ4v) is 13.0. The minimum absolute atomic E-state index is 0.0449. The van der Waals surface area contributed by atoms with E-state index in [0.717, 1.165) is 42.6 Å². The van der Waals surface area contributed by atoms with Gasteiger partial charge in [0.1, 0.15) is 29.0 Å². The number of carbonyl (C=O) groups excluding carboxylic acids is 5. The average Bonchev–Trinajstić information content (AvgIpc) is 3.92. The number of esters is 1. The Morgan fingerprint density at radius 2 is 1.62 bits per heavy atom. The van der Waals surface area contributed by atoms with Crippen LogP contribution in [0.5, 0.6) is 0 Å². The van der Waals surface area contributed by atoms with Gasteiger partial charge in [-0.25, -0.2) is 14.6 Å². The molecule has 2 saturated heterocycles. The summed E-state index contributed by atoms with van der Waals surface area (Å²) in [5.41, 5.74) is 5.31. The van der Waals surface area contributed by atoms with E-state index in [0.29, 0.717) is 57.1 Å². The van der Waals surface area contributed by atoms with E-state index < -0.39 is 96.1 Å². The van der Waals surface area contributed by atoms with Crippen LogP contribution in [0.4, 0.5) is 16.2 Å². The topological polar surface area (TPSA) is 245 Å². The van der Waals surface area contributed by atoms with Gasteiger partial charge in [-0.05, 0) is 138 Å². The normalized spacial score (nSPS) is 32.2. The highest BCUT2D eigenvalue weighted by Crippen LogP contribution is 2.40. The number of benzene rings is 2. The number of fused-ring (bicyclic) bond motifs is 4. The smallest absolute Gasteiger partial charge is 0.407 e. The molecule has 2 bridgehead atoms. The number of methoxy groups -OCH3 is 3. The molecule has 0 unspecified atom stereocenters. The van der Waals surface area contributed by atoms with E-state index in [2.05, 4.69) is 39.8 Å². The van der Waals surface area contributed by atoms with Crippen molar-refractivity contribution in [1.29, 1.82) is 0 Å². The molecule has 14 atom stereocenters. The number of aliphatic hydroxyl groups is 3. The number of nitrogens with one attached hydrogen (secondary N) is 2. The number of allylic oxidation sites excluding steroid dienone is 3. The summed E-state index contributed by atoms with van der Waals surface area (Å²) in [5, 5.41) is 41.9. The van der Waals surface area contributed by atoms with Gasteiger partial charge in [0.15, 0.2) is 0 Å². The third-order valence-electron chi connectivity index (χ3n) is 16.9. The van der Waals surface area contributed by atoms with Crippen molar-refractivity contribution in [2.45, 2.75) is 160 Å². The maximum Gasteiger partial charge on any atom is 0.407 e. The summed E-state index contributed by atoms with van der Waals surface area (Å²) in [4.78, 5) is 79.3. The third-order valence-corrected chi connectivity index (χ3v) is 17.9. The summed E-state index contributed by atoms with van der Waals surface area (Å²) in [6.07, 6.45) is 1.05. The van der Waals surface area contributed by atoms with E-state index in [1.807, 2.05) is 58.3 Å². The first kappa shape index (κ1) is 63.3. The number of piperidine rings is 1. The van der Waals surface area contributed by atoms with E-state index in [1.165, 1.54) is 14.2 Å². The maximum absolute atomic E-state index is 14.6. The Morgan fingerprint density at radius 3 is 2.32 bits per heavy atom. The lowest BCUT2D eigenvalue weighted by molar-refractivity contribution is -0.302. The van der Waals surface area contributed by atoms with E-state index in [-0.39, 0.29) is 63.0 Å². The van der Waals surface area contributed by atoms with Gasteiger partial charge in [0.2, 0.25) is 5.79 Å². The second-order valence-electron chi connectivity index (χ2n) is 23.2. The van der Waals surface area contributed by atoms with Gasteiger partial charge < -0.3 is 64.2 Å². The van der Waals surface area contributed by atoms with Crippen LogP contribution < -0.4 is 15.5 Å². The van der Waals surface area contributed by atoms with Gasteiger partial charge in [0.25, 0.3) is 11.7 Å². The number of nitrogens with zero attached hydrogens (tertiary/aromatic N) is 3. The Kier molecular flexibility index (Phi) is 22.5. The second-order valence-corrected chi connectivity index (χ2v) is 24.2. The molecule has 20 heteroatoms. The van der Waals surface area contributed by atoms with Gasteiger partial charge in [0.05, 0.1) is 47.3 Å². The Bertz CT molecular complexity index is 2700. The minimum Gasteiger partial charge on any atom is -0.456 e. The number of ketones is 2. The number of Topliss-reactive ketones (excluding diaryl/α,β-unsaturated/α-hetero) is 2. The van der Waals surface area contributed by atoms with Crippen molar-refractivity contribution in [3.63, 3.8) is 0 Å². The van der Waals surface area contributed by atoms with Crippen molar-refractivity contribution >= 4 is 62.5 Å². The minimum atomic E-state index is -2.57. The summed E-state index contributed by atoms with van der Waals surface area (Å²) in [7, 11) is 8.57. The van der Waals surface area contributed by atoms with Crippen molar-refractivity contribution in [1.82, 2.24) is 15.2 Å². The molecule has 3 fully saturated rings. The second kappa shape index (κ2) is 28.8. The lowest BCUT2D eigenvalue weighted by Crippen LogP contribution is -2.64. The number of cyclic esters (lactones) is 1. The monoisotopic (exact) mass is 1150 g/mol. The van der Waals surface area contributed by atoms with Crippen LogP contribution in [0.2, 0.25) is 0 Å². The van der Waals surface area contributed by atoms with Crippen molar-refractivity contribution in [2.75, 3.05) is 71.9 Å². The van der Waals surface area contributed by atoms with E-state index in [1.54, 1.807) is 39.2 Å². The average molecular weight is 1150 g/mol.